The van der Waals surface area contributed by atoms with Gasteiger partial charge < -0.3 is 15.0 Å². The number of amides is 1. The summed E-state index contributed by atoms with van der Waals surface area (Å²) in [6.45, 7) is 3.84. The van der Waals surface area contributed by atoms with Crippen molar-refractivity contribution < 1.29 is 13.7 Å². The molecule has 1 N–H and O–H groups in total. The Bertz CT molecular complexity index is 922. The largest absolute Gasteiger partial charge is 0.487 e. The van der Waals surface area contributed by atoms with E-state index in [0.717, 1.165) is 43.7 Å². The third kappa shape index (κ3) is 4.09. The number of nitrogens with one attached hydrogen (secondary N) is 1. The summed E-state index contributed by atoms with van der Waals surface area (Å²) in [6.07, 6.45) is 2.64. The number of benzene rings is 2. The first-order valence-electron chi connectivity index (χ1n) is 10.3. The Kier molecular flexibility index (Phi) is 5.74. The van der Waals surface area contributed by atoms with Crippen molar-refractivity contribution in [3.05, 3.63) is 59.7 Å². The molecule has 1 saturated heterocycles. The molecule has 2 heterocycles. The number of para-hydroxylation sites is 1. The lowest BCUT2D eigenvalue weighted by Crippen LogP contribution is -2.51. The van der Waals surface area contributed by atoms with Gasteiger partial charge in [-0.2, -0.15) is 0 Å². The molecule has 6 heteroatoms. The molecule has 29 heavy (non-hydrogen) atoms. The molecule has 0 saturated carbocycles. The number of nitrogens with zero attached hydrogens (tertiary/aromatic N) is 1. The predicted molar refractivity (Wildman–Crippen MR) is 115 cm³/mol. The number of hydrogen-bond acceptors (Lipinski definition) is 4. The molecule has 2 unspecified atom stereocenters. The normalized spacial score (nSPS) is 21.8. The van der Waals surface area contributed by atoms with Crippen molar-refractivity contribution in [3.63, 3.8) is 0 Å². The number of carbonyl (C=O) groups is 1. The highest BCUT2D eigenvalue weighted by molar-refractivity contribution is 7.85. The van der Waals surface area contributed by atoms with Gasteiger partial charge in [-0.25, -0.2) is 0 Å². The fourth-order valence-corrected chi connectivity index (χ4v) is 5.27. The molecule has 2 aliphatic heterocycles. The van der Waals surface area contributed by atoms with Gasteiger partial charge in [0, 0.05) is 30.8 Å². The van der Waals surface area contributed by atoms with Gasteiger partial charge in [-0.1, -0.05) is 37.3 Å². The minimum absolute atomic E-state index is 0.126. The third-order valence-electron chi connectivity index (χ3n) is 6.04. The molecule has 0 aromatic heterocycles. The van der Waals surface area contributed by atoms with Gasteiger partial charge in [-0.3, -0.25) is 9.00 Å². The van der Waals surface area contributed by atoms with Gasteiger partial charge in [-0.15, -0.1) is 0 Å². The van der Waals surface area contributed by atoms with Crippen LogP contribution in [-0.4, -0.2) is 46.5 Å². The monoisotopic (exact) mass is 412 g/mol. The summed E-state index contributed by atoms with van der Waals surface area (Å²) in [5.74, 6) is 1.17. The highest BCUT2D eigenvalue weighted by Gasteiger charge is 2.43. The molecule has 0 bridgehead atoms. The molecule has 0 radical (unpaired) electrons. The van der Waals surface area contributed by atoms with Crippen molar-refractivity contribution in [3.8, 4) is 5.75 Å². The van der Waals surface area contributed by atoms with E-state index in [1.54, 1.807) is 12.1 Å². The number of ether oxygens (including phenoxy) is 1. The lowest BCUT2D eigenvalue weighted by atomic mass is 9.80. The van der Waals surface area contributed by atoms with Crippen LogP contribution in [0, 0.1) is 0 Å². The SMILES string of the molecule is CCS(=O)c1ccccc1C(=O)NC1CC2(CCN(C)CC2)Oc2ccccc21. The zero-order chi connectivity index (χ0) is 20.4. The first kappa shape index (κ1) is 20.1. The Balaban J connectivity index is 1.62. The van der Waals surface area contributed by atoms with E-state index in [-0.39, 0.29) is 17.6 Å². The maximum absolute atomic E-state index is 13.2. The van der Waals surface area contributed by atoms with Crippen LogP contribution in [0.25, 0.3) is 0 Å². The topological polar surface area (TPSA) is 58.6 Å². The minimum atomic E-state index is -1.18. The molecule has 2 aromatic carbocycles. The summed E-state index contributed by atoms with van der Waals surface area (Å²) in [4.78, 5) is 16.1. The maximum Gasteiger partial charge on any atom is 0.252 e. The van der Waals surface area contributed by atoms with E-state index in [1.165, 1.54) is 0 Å². The number of rotatable bonds is 4. The Morgan fingerprint density at radius 1 is 1.17 bits per heavy atom. The van der Waals surface area contributed by atoms with Crippen LogP contribution in [0.1, 0.15) is 48.1 Å². The molecule has 5 nitrogen and oxygen atoms in total. The Hall–Kier alpha value is -2.18. The Morgan fingerprint density at radius 2 is 1.86 bits per heavy atom. The van der Waals surface area contributed by atoms with Crippen LogP contribution in [0.2, 0.25) is 0 Å². The third-order valence-corrected chi connectivity index (χ3v) is 7.41. The quantitative estimate of drug-likeness (QED) is 0.835. The summed E-state index contributed by atoms with van der Waals surface area (Å²) in [7, 11) is 0.953. The number of fused-ring (bicyclic) bond motifs is 1. The number of hydrogen-bond donors (Lipinski definition) is 1. The minimum Gasteiger partial charge on any atom is -0.487 e. The van der Waals surface area contributed by atoms with Crippen LogP contribution >= 0.6 is 0 Å². The Morgan fingerprint density at radius 3 is 2.62 bits per heavy atom. The highest BCUT2D eigenvalue weighted by Crippen LogP contribution is 2.44. The van der Waals surface area contributed by atoms with Gasteiger partial charge in [-0.05, 0) is 38.1 Å². The average Bonchev–Trinajstić information content (AvgIpc) is 2.75. The summed E-state index contributed by atoms with van der Waals surface area (Å²) in [5.41, 5.74) is 1.26. The van der Waals surface area contributed by atoms with E-state index < -0.39 is 10.8 Å². The molecule has 1 spiro atoms. The molecule has 154 valence electrons. The van der Waals surface area contributed by atoms with E-state index in [2.05, 4.69) is 17.3 Å². The maximum atomic E-state index is 13.2. The zero-order valence-corrected chi connectivity index (χ0v) is 17.8. The van der Waals surface area contributed by atoms with Crippen molar-refractivity contribution in [2.45, 2.75) is 42.7 Å². The van der Waals surface area contributed by atoms with E-state index in [9.17, 15) is 9.00 Å². The first-order valence-corrected chi connectivity index (χ1v) is 11.6. The van der Waals surface area contributed by atoms with Gasteiger partial charge in [0.05, 0.1) is 27.3 Å². The smallest absolute Gasteiger partial charge is 0.252 e. The first-order chi connectivity index (χ1) is 14.0. The van der Waals surface area contributed by atoms with Crippen molar-refractivity contribution in [2.75, 3.05) is 25.9 Å². The fourth-order valence-electron chi connectivity index (χ4n) is 4.32. The second-order valence-corrected chi connectivity index (χ2v) is 9.69. The predicted octanol–water partition coefficient (Wildman–Crippen LogP) is 3.53. The molecule has 1 fully saturated rings. The molecule has 1 amide bonds. The van der Waals surface area contributed by atoms with Crippen LogP contribution < -0.4 is 10.1 Å². The highest BCUT2D eigenvalue weighted by atomic mass is 32.2. The van der Waals surface area contributed by atoms with Gasteiger partial charge in [0.2, 0.25) is 0 Å². The van der Waals surface area contributed by atoms with Crippen LogP contribution in [0.15, 0.2) is 53.4 Å². The van der Waals surface area contributed by atoms with Gasteiger partial charge >= 0.3 is 0 Å². The molecule has 2 aliphatic rings. The molecule has 2 atom stereocenters. The van der Waals surface area contributed by atoms with Crippen molar-refractivity contribution >= 4 is 16.7 Å². The van der Waals surface area contributed by atoms with Crippen molar-refractivity contribution in [1.29, 1.82) is 0 Å². The van der Waals surface area contributed by atoms with E-state index in [0.29, 0.717) is 16.2 Å². The number of piperidine rings is 1. The van der Waals surface area contributed by atoms with Gasteiger partial charge in [0.25, 0.3) is 5.91 Å². The van der Waals surface area contributed by atoms with Crippen LogP contribution in [0.5, 0.6) is 5.75 Å². The summed E-state index contributed by atoms with van der Waals surface area (Å²) in [6, 6.07) is 15.0. The summed E-state index contributed by atoms with van der Waals surface area (Å²) < 4.78 is 18.9. The van der Waals surface area contributed by atoms with Crippen molar-refractivity contribution in [2.24, 2.45) is 0 Å². The number of carbonyl (C=O) groups excluding carboxylic acids is 1. The lowest BCUT2D eigenvalue weighted by molar-refractivity contribution is -0.0195. The molecule has 0 aliphatic carbocycles. The summed E-state index contributed by atoms with van der Waals surface area (Å²) in [5, 5.41) is 3.23. The molecular weight excluding hydrogens is 384 g/mol. The van der Waals surface area contributed by atoms with E-state index in [1.807, 2.05) is 43.3 Å². The van der Waals surface area contributed by atoms with E-state index in [4.69, 9.17) is 4.74 Å². The number of likely N-dealkylation sites (tertiary alicyclic amines) is 1. The fraction of sp³-hybridized carbons (Fsp3) is 0.435. The molecular formula is C23H28N2O3S. The van der Waals surface area contributed by atoms with E-state index >= 15 is 0 Å². The van der Waals surface area contributed by atoms with Crippen LogP contribution in [-0.2, 0) is 10.8 Å². The average molecular weight is 413 g/mol. The van der Waals surface area contributed by atoms with Crippen molar-refractivity contribution in [1.82, 2.24) is 10.2 Å². The second kappa shape index (κ2) is 8.28. The van der Waals surface area contributed by atoms with Gasteiger partial charge in [0.1, 0.15) is 11.4 Å². The lowest BCUT2D eigenvalue weighted by Gasteiger charge is -2.46. The van der Waals surface area contributed by atoms with Crippen LogP contribution in [0.3, 0.4) is 0 Å². The van der Waals surface area contributed by atoms with Gasteiger partial charge in [0.15, 0.2) is 0 Å². The Labute approximate surface area is 174 Å². The second-order valence-electron chi connectivity index (χ2n) is 7.99. The van der Waals surface area contributed by atoms with Crippen LogP contribution in [0.4, 0.5) is 0 Å². The zero-order valence-electron chi connectivity index (χ0n) is 17.0. The standard InChI is InChI=1S/C23H28N2O3S/c1-3-29(27)21-11-7-5-9-18(21)22(26)24-19-16-23(12-14-25(2)15-13-23)28-20-10-6-4-8-17(19)20/h4-11,19H,3,12-16H2,1-2H3,(H,24,26). The summed E-state index contributed by atoms with van der Waals surface area (Å²) >= 11 is 0. The molecule has 2 aromatic rings. The molecule has 4 rings (SSSR count).